The van der Waals surface area contributed by atoms with Gasteiger partial charge < -0.3 is 15.8 Å². The van der Waals surface area contributed by atoms with E-state index in [0.29, 0.717) is 35.4 Å². The van der Waals surface area contributed by atoms with Crippen molar-refractivity contribution >= 4 is 11.5 Å². The summed E-state index contributed by atoms with van der Waals surface area (Å²) in [6.45, 7) is 7.10. The van der Waals surface area contributed by atoms with Gasteiger partial charge in [0.25, 0.3) is 0 Å². The van der Waals surface area contributed by atoms with Gasteiger partial charge in [0.2, 0.25) is 5.88 Å². The van der Waals surface area contributed by atoms with Crippen molar-refractivity contribution in [1.82, 2.24) is 9.97 Å². The zero-order valence-electron chi connectivity index (χ0n) is 10.7. The van der Waals surface area contributed by atoms with Crippen molar-refractivity contribution < 1.29 is 4.74 Å². The van der Waals surface area contributed by atoms with Gasteiger partial charge >= 0.3 is 0 Å². The smallest absolute Gasteiger partial charge is 0.242 e. The molecule has 3 N–H and O–H groups in total. The van der Waals surface area contributed by atoms with E-state index in [2.05, 4.69) is 29.1 Å². The SMILES string of the molecule is CCCOc1ncnc(NC2CC2(C)C)c1N. The number of nitrogens with one attached hydrogen (secondary N) is 1. The van der Waals surface area contributed by atoms with E-state index < -0.39 is 0 Å². The van der Waals surface area contributed by atoms with Crippen LogP contribution in [0.2, 0.25) is 0 Å². The molecule has 1 atom stereocenters. The fourth-order valence-electron chi connectivity index (χ4n) is 1.69. The average Bonchev–Trinajstić information content (AvgIpc) is 2.87. The molecule has 94 valence electrons. The number of rotatable bonds is 5. The minimum atomic E-state index is 0.335. The Labute approximate surface area is 102 Å². The van der Waals surface area contributed by atoms with Crippen LogP contribution in [0.4, 0.5) is 11.5 Å². The highest BCUT2D eigenvalue weighted by molar-refractivity contribution is 5.67. The van der Waals surface area contributed by atoms with Crippen LogP contribution in [-0.4, -0.2) is 22.6 Å². The first-order valence-electron chi connectivity index (χ1n) is 6.04. The van der Waals surface area contributed by atoms with Gasteiger partial charge in [-0.3, -0.25) is 0 Å². The van der Waals surface area contributed by atoms with Crippen LogP contribution in [0.25, 0.3) is 0 Å². The monoisotopic (exact) mass is 236 g/mol. The van der Waals surface area contributed by atoms with Crippen LogP contribution in [-0.2, 0) is 0 Å². The quantitative estimate of drug-likeness (QED) is 0.818. The molecule has 5 heteroatoms. The first-order valence-corrected chi connectivity index (χ1v) is 6.04. The summed E-state index contributed by atoms with van der Waals surface area (Å²) in [4.78, 5) is 8.21. The number of aromatic nitrogens is 2. The summed E-state index contributed by atoms with van der Waals surface area (Å²) in [6, 6.07) is 0.443. The Morgan fingerprint density at radius 3 is 2.82 bits per heavy atom. The van der Waals surface area contributed by atoms with E-state index in [0.717, 1.165) is 12.8 Å². The maximum atomic E-state index is 5.98. The van der Waals surface area contributed by atoms with E-state index in [4.69, 9.17) is 10.5 Å². The van der Waals surface area contributed by atoms with Gasteiger partial charge in [0.05, 0.1) is 6.61 Å². The number of nitrogen functional groups attached to an aromatic ring is 1. The second kappa shape index (κ2) is 4.39. The maximum absolute atomic E-state index is 5.98. The molecule has 1 saturated carbocycles. The summed E-state index contributed by atoms with van der Waals surface area (Å²) in [5.41, 5.74) is 6.81. The fourth-order valence-corrected chi connectivity index (χ4v) is 1.69. The highest BCUT2D eigenvalue weighted by atomic mass is 16.5. The molecule has 1 aliphatic rings. The summed E-state index contributed by atoms with van der Waals surface area (Å²) < 4.78 is 5.46. The van der Waals surface area contributed by atoms with Crippen molar-refractivity contribution in [2.45, 2.75) is 39.7 Å². The second-order valence-corrected chi connectivity index (χ2v) is 5.18. The van der Waals surface area contributed by atoms with Gasteiger partial charge in [0.15, 0.2) is 5.82 Å². The molecule has 1 heterocycles. The number of anilines is 2. The molecule has 0 spiro atoms. The lowest BCUT2D eigenvalue weighted by Crippen LogP contribution is -2.13. The van der Waals surface area contributed by atoms with Gasteiger partial charge in [-0.15, -0.1) is 0 Å². The number of nitrogens with zero attached hydrogens (tertiary/aromatic N) is 2. The van der Waals surface area contributed by atoms with Crippen LogP contribution in [0.15, 0.2) is 6.33 Å². The maximum Gasteiger partial charge on any atom is 0.242 e. The van der Waals surface area contributed by atoms with Gasteiger partial charge in [-0.2, -0.15) is 4.98 Å². The summed E-state index contributed by atoms with van der Waals surface area (Å²) in [5.74, 6) is 1.16. The number of hydrogen-bond acceptors (Lipinski definition) is 5. The molecule has 0 amide bonds. The van der Waals surface area contributed by atoms with E-state index in [1.54, 1.807) is 0 Å². The van der Waals surface area contributed by atoms with Gasteiger partial charge in [0.1, 0.15) is 12.0 Å². The molecule has 1 fully saturated rings. The van der Waals surface area contributed by atoms with Crippen molar-refractivity contribution in [2.24, 2.45) is 5.41 Å². The van der Waals surface area contributed by atoms with E-state index >= 15 is 0 Å². The summed E-state index contributed by atoms with van der Waals surface area (Å²) in [5, 5.41) is 3.34. The van der Waals surface area contributed by atoms with Crippen LogP contribution < -0.4 is 15.8 Å². The third-order valence-electron chi connectivity index (χ3n) is 3.11. The van der Waals surface area contributed by atoms with Crippen LogP contribution in [0.3, 0.4) is 0 Å². The highest BCUT2D eigenvalue weighted by Crippen LogP contribution is 2.47. The van der Waals surface area contributed by atoms with Gasteiger partial charge in [-0.05, 0) is 18.3 Å². The fraction of sp³-hybridized carbons (Fsp3) is 0.667. The lowest BCUT2D eigenvalue weighted by molar-refractivity contribution is 0.306. The van der Waals surface area contributed by atoms with Crippen molar-refractivity contribution in [3.8, 4) is 5.88 Å². The molecule has 0 aromatic carbocycles. The molecule has 0 saturated heterocycles. The Kier molecular flexibility index (Phi) is 3.09. The van der Waals surface area contributed by atoms with Gasteiger partial charge in [0, 0.05) is 6.04 Å². The Morgan fingerprint density at radius 2 is 2.24 bits per heavy atom. The topological polar surface area (TPSA) is 73.1 Å². The van der Waals surface area contributed by atoms with Crippen molar-refractivity contribution in [2.75, 3.05) is 17.7 Å². The van der Waals surface area contributed by atoms with E-state index in [-0.39, 0.29) is 0 Å². The lowest BCUT2D eigenvalue weighted by atomic mass is 10.2. The van der Waals surface area contributed by atoms with Crippen molar-refractivity contribution in [1.29, 1.82) is 0 Å². The normalized spacial score (nSPS) is 21.0. The molecular weight excluding hydrogens is 216 g/mol. The molecule has 0 aliphatic heterocycles. The zero-order valence-corrected chi connectivity index (χ0v) is 10.7. The van der Waals surface area contributed by atoms with Gasteiger partial charge in [-0.25, -0.2) is 4.98 Å². The third kappa shape index (κ3) is 2.60. The van der Waals surface area contributed by atoms with E-state index in [9.17, 15) is 0 Å². The third-order valence-corrected chi connectivity index (χ3v) is 3.11. The molecule has 1 aromatic heterocycles. The first kappa shape index (κ1) is 12.0. The predicted molar refractivity (Wildman–Crippen MR) is 68.0 cm³/mol. The van der Waals surface area contributed by atoms with Crippen molar-refractivity contribution in [3.63, 3.8) is 0 Å². The predicted octanol–water partition coefficient (Wildman–Crippen LogP) is 2.06. The van der Waals surface area contributed by atoms with Gasteiger partial charge in [-0.1, -0.05) is 20.8 Å². The second-order valence-electron chi connectivity index (χ2n) is 5.18. The molecule has 5 nitrogen and oxygen atoms in total. The summed E-state index contributed by atoms with van der Waals surface area (Å²) in [7, 11) is 0. The Balaban J connectivity index is 2.07. The molecule has 0 bridgehead atoms. The minimum absolute atomic E-state index is 0.335. The Morgan fingerprint density at radius 1 is 1.53 bits per heavy atom. The molecule has 0 radical (unpaired) electrons. The summed E-state index contributed by atoms with van der Waals surface area (Å²) >= 11 is 0. The number of hydrogen-bond donors (Lipinski definition) is 2. The minimum Gasteiger partial charge on any atom is -0.476 e. The number of nitrogens with two attached hydrogens (primary N) is 1. The lowest BCUT2D eigenvalue weighted by Gasteiger charge is -2.12. The molecule has 1 unspecified atom stereocenters. The van der Waals surface area contributed by atoms with E-state index in [1.807, 2.05) is 6.92 Å². The molecule has 2 rings (SSSR count). The van der Waals surface area contributed by atoms with E-state index in [1.165, 1.54) is 6.33 Å². The summed E-state index contributed by atoms with van der Waals surface area (Å²) in [6.07, 6.45) is 3.56. The zero-order chi connectivity index (χ0) is 12.5. The van der Waals surface area contributed by atoms with Crippen LogP contribution in [0, 0.1) is 5.41 Å². The molecule has 1 aromatic rings. The molecule has 17 heavy (non-hydrogen) atoms. The van der Waals surface area contributed by atoms with Crippen LogP contribution in [0.5, 0.6) is 5.88 Å². The largest absolute Gasteiger partial charge is 0.476 e. The highest BCUT2D eigenvalue weighted by Gasteiger charge is 2.46. The van der Waals surface area contributed by atoms with Crippen LogP contribution >= 0.6 is 0 Å². The molecular formula is C12H20N4O. The first-order chi connectivity index (χ1) is 8.04. The Hall–Kier alpha value is -1.52. The molecule has 1 aliphatic carbocycles. The Bertz CT molecular complexity index is 405. The van der Waals surface area contributed by atoms with Crippen molar-refractivity contribution in [3.05, 3.63) is 6.33 Å². The number of ether oxygens (including phenoxy) is 1. The average molecular weight is 236 g/mol. The standard InChI is InChI=1S/C12H20N4O/c1-4-5-17-11-9(13)10(14-7-15-11)16-8-6-12(8,2)3/h7-8H,4-6,13H2,1-3H3,(H,14,15,16). The van der Waals surface area contributed by atoms with Crippen LogP contribution in [0.1, 0.15) is 33.6 Å².